The molecule has 1 N–H and O–H groups in total. The molecule has 4 heteroatoms. The van der Waals surface area contributed by atoms with Crippen molar-refractivity contribution in [2.24, 2.45) is 0 Å². The van der Waals surface area contributed by atoms with Crippen molar-refractivity contribution in [1.82, 2.24) is 5.32 Å². The smallest absolute Gasteiger partial charge is 0.161 e. The van der Waals surface area contributed by atoms with E-state index >= 15 is 0 Å². The Balaban J connectivity index is 2.13. The number of nitrogens with zero attached hydrogens (tertiary/aromatic N) is 1. The molecule has 24 heavy (non-hydrogen) atoms. The van der Waals surface area contributed by atoms with E-state index in [0.29, 0.717) is 17.9 Å². The quantitative estimate of drug-likeness (QED) is 0.875. The number of thioether (sulfide) groups is 1. The van der Waals surface area contributed by atoms with Gasteiger partial charge >= 0.3 is 0 Å². The highest BCUT2D eigenvalue weighted by Crippen LogP contribution is 2.43. The van der Waals surface area contributed by atoms with Gasteiger partial charge in [0.1, 0.15) is 0 Å². The molecule has 0 saturated heterocycles. The zero-order valence-corrected chi connectivity index (χ0v) is 15.2. The fourth-order valence-electron chi connectivity index (χ4n) is 3.49. The predicted octanol–water partition coefficient (Wildman–Crippen LogP) is 4.60. The van der Waals surface area contributed by atoms with Gasteiger partial charge in [-0.1, -0.05) is 38.1 Å². The van der Waals surface area contributed by atoms with Crippen LogP contribution in [0.2, 0.25) is 0 Å². The first-order valence-corrected chi connectivity index (χ1v) is 9.60. The molecule has 2 aliphatic rings. The minimum Gasteiger partial charge on any atom is -0.352 e. The van der Waals surface area contributed by atoms with Crippen LogP contribution in [0.5, 0.6) is 0 Å². The molecule has 0 saturated carbocycles. The lowest BCUT2D eigenvalue weighted by atomic mass is 9.76. The summed E-state index contributed by atoms with van der Waals surface area (Å²) in [6, 6.07) is 10.7. The van der Waals surface area contributed by atoms with Gasteiger partial charge in [-0.25, -0.2) is 0 Å². The van der Waals surface area contributed by atoms with Crippen LogP contribution in [0.3, 0.4) is 0 Å². The minimum absolute atomic E-state index is 0.176. The molecule has 0 radical (unpaired) electrons. The highest BCUT2D eigenvalue weighted by atomic mass is 32.2. The molecule has 1 aliphatic carbocycles. The first-order valence-electron chi connectivity index (χ1n) is 8.38. The van der Waals surface area contributed by atoms with E-state index in [1.807, 2.05) is 6.26 Å². The maximum Gasteiger partial charge on any atom is 0.161 e. The van der Waals surface area contributed by atoms with E-state index in [9.17, 15) is 10.1 Å². The first kappa shape index (κ1) is 16.9. The topological polar surface area (TPSA) is 52.9 Å². The summed E-state index contributed by atoms with van der Waals surface area (Å²) in [5.41, 5.74) is 4.77. The Bertz CT molecular complexity index is 766. The van der Waals surface area contributed by atoms with E-state index < -0.39 is 0 Å². The van der Waals surface area contributed by atoms with Crippen LogP contribution in [-0.2, 0) is 4.79 Å². The van der Waals surface area contributed by atoms with Crippen molar-refractivity contribution in [2.45, 2.75) is 44.9 Å². The van der Waals surface area contributed by atoms with Crippen molar-refractivity contribution in [2.75, 3.05) is 6.26 Å². The number of benzene rings is 1. The average molecular weight is 338 g/mol. The van der Waals surface area contributed by atoms with Gasteiger partial charge in [-0.3, -0.25) is 4.79 Å². The Kier molecular flexibility index (Phi) is 4.82. The van der Waals surface area contributed by atoms with Crippen LogP contribution < -0.4 is 5.32 Å². The Morgan fingerprint density at radius 2 is 1.96 bits per heavy atom. The molecule has 1 aromatic carbocycles. The highest BCUT2D eigenvalue weighted by Gasteiger charge is 2.36. The van der Waals surface area contributed by atoms with Gasteiger partial charge in [0.2, 0.25) is 0 Å². The molecule has 3 rings (SSSR count). The van der Waals surface area contributed by atoms with Gasteiger partial charge in [0.05, 0.1) is 22.6 Å². The number of carbonyl (C=O) groups is 1. The largest absolute Gasteiger partial charge is 0.352 e. The second kappa shape index (κ2) is 6.86. The van der Waals surface area contributed by atoms with E-state index in [0.717, 1.165) is 34.7 Å². The number of allylic oxidation sites excluding steroid dienone is 3. The molecule has 3 nitrogen and oxygen atoms in total. The molecule has 124 valence electrons. The molecular formula is C20H22N2OS. The fourth-order valence-corrected chi connectivity index (χ4v) is 4.10. The van der Waals surface area contributed by atoms with Gasteiger partial charge in [-0.05, 0) is 36.1 Å². The molecule has 1 aromatic rings. The second-order valence-corrected chi connectivity index (χ2v) is 7.42. The van der Waals surface area contributed by atoms with Crippen molar-refractivity contribution < 1.29 is 4.79 Å². The Hall–Kier alpha value is -1.99. The van der Waals surface area contributed by atoms with Gasteiger partial charge in [0.15, 0.2) is 5.78 Å². The normalized spacial score (nSPS) is 20.8. The first-order chi connectivity index (χ1) is 11.6. The number of rotatable bonds is 3. The molecule has 1 aliphatic heterocycles. The monoisotopic (exact) mass is 338 g/mol. The lowest BCUT2D eigenvalue weighted by Crippen LogP contribution is -2.31. The third-order valence-corrected chi connectivity index (χ3v) is 5.53. The summed E-state index contributed by atoms with van der Waals surface area (Å²) in [4.78, 5) is 12.6. The molecule has 1 heterocycles. The summed E-state index contributed by atoms with van der Waals surface area (Å²) in [5.74, 6) is 0.406. The van der Waals surface area contributed by atoms with Gasteiger partial charge in [0, 0.05) is 17.7 Å². The number of ketones is 1. The van der Waals surface area contributed by atoms with Crippen molar-refractivity contribution in [1.29, 1.82) is 5.26 Å². The minimum atomic E-state index is -0.234. The highest BCUT2D eigenvalue weighted by molar-refractivity contribution is 8.02. The van der Waals surface area contributed by atoms with Gasteiger partial charge < -0.3 is 5.32 Å². The molecule has 0 spiro atoms. The molecular weight excluding hydrogens is 316 g/mol. The second-order valence-electron chi connectivity index (χ2n) is 6.61. The third-order valence-electron chi connectivity index (χ3n) is 4.80. The standard InChI is InChI=1S/C20H22N2OS/c1-12(2)13-7-9-14(10-8-13)18-15(11-21)20(24-3)22-16-5-4-6-17(23)19(16)18/h7-10,12,18,22H,4-6H2,1-3H3. The van der Waals surface area contributed by atoms with Crippen LogP contribution in [0.4, 0.5) is 0 Å². The third kappa shape index (κ3) is 2.89. The average Bonchev–Trinajstić information content (AvgIpc) is 2.60. The van der Waals surface area contributed by atoms with Crippen LogP contribution in [0, 0.1) is 11.3 Å². The summed E-state index contributed by atoms with van der Waals surface area (Å²) in [5, 5.41) is 14.0. The van der Waals surface area contributed by atoms with Crippen molar-refractivity contribution in [3.63, 3.8) is 0 Å². The van der Waals surface area contributed by atoms with Gasteiger partial charge in [-0.15, -0.1) is 11.8 Å². The summed E-state index contributed by atoms with van der Waals surface area (Å²) in [6.07, 6.45) is 4.31. The Morgan fingerprint density at radius 3 is 2.54 bits per heavy atom. The maximum atomic E-state index is 12.6. The fraction of sp³-hybridized carbons (Fsp3) is 0.400. The maximum absolute atomic E-state index is 12.6. The van der Waals surface area contributed by atoms with Crippen LogP contribution >= 0.6 is 11.8 Å². The van der Waals surface area contributed by atoms with Gasteiger partial charge in [0.25, 0.3) is 0 Å². The van der Waals surface area contributed by atoms with E-state index in [-0.39, 0.29) is 11.7 Å². The van der Waals surface area contributed by atoms with Crippen molar-refractivity contribution in [3.8, 4) is 6.07 Å². The van der Waals surface area contributed by atoms with E-state index in [1.54, 1.807) is 11.8 Å². The van der Waals surface area contributed by atoms with Crippen molar-refractivity contribution >= 4 is 17.5 Å². The number of Topliss-reactive ketones (excluding diaryl/α,β-unsaturated/α-hetero) is 1. The Morgan fingerprint density at radius 1 is 1.25 bits per heavy atom. The lowest BCUT2D eigenvalue weighted by Gasteiger charge is -2.33. The molecule has 0 aromatic heterocycles. The predicted molar refractivity (Wildman–Crippen MR) is 98.4 cm³/mol. The van der Waals surface area contributed by atoms with Crippen LogP contribution in [0.15, 0.2) is 46.1 Å². The van der Waals surface area contributed by atoms with E-state index in [4.69, 9.17) is 0 Å². The molecule has 0 amide bonds. The molecule has 0 fully saturated rings. The number of carbonyl (C=O) groups excluding carboxylic acids is 1. The SMILES string of the molecule is CSC1=C(C#N)C(c2ccc(C(C)C)cc2)C2=C(CCCC2=O)N1. The number of hydrogen-bond donors (Lipinski definition) is 1. The number of nitriles is 1. The van der Waals surface area contributed by atoms with Crippen LogP contribution in [0.25, 0.3) is 0 Å². The van der Waals surface area contributed by atoms with Crippen LogP contribution in [-0.4, -0.2) is 12.0 Å². The summed E-state index contributed by atoms with van der Waals surface area (Å²) in [7, 11) is 0. The molecule has 1 unspecified atom stereocenters. The van der Waals surface area contributed by atoms with E-state index in [2.05, 4.69) is 49.5 Å². The summed E-state index contributed by atoms with van der Waals surface area (Å²) < 4.78 is 0. The number of hydrogen-bond acceptors (Lipinski definition) is 4. The molecule has 1 atom stereocenters. The zero-order chi connectivity index (χ0) is 17.3. The summed E-state index contributed by atoms with van der Waals surface area (Å²) in [6.45, 7) is 4.33. The summed E-state index contributed by atoms with van der Waals surface area (Å²) >= 11 is 1.54. The van der Waals surface area contributed by atoms with Crippen LogP contribution in [0.1, 0.15) is 56.1 Å². The Labute approximate surface area is 147 Å². The molecule has 0 bridgehead atoms. The number of dihydropyridines is 1. The lowest BCUT2D eigenvalue weighted by molar-refractivity contribution is -0.116. The zero-order valence-electron chi connectivity index (χ0n) is 14.3. The number of nitrogens with one attached hydrogen (secondary N) is 1. The van der Waals surface area contributed by atoms with Gasteiger partial charge in [-0.2, -0.15) is 5.26 Å². The van der Waals surface area contributed by atoms with Crippen molar-refractivity contribution in [3.05, 3.63) is 57.3 Å². The van der Waals surface area contributed by atoms with E-state index in [1.165, 1.54) is 5.56 Å².